The highest BCUT2D eigenvalue weighted by molar-refractivity contribution is 5.76. The standard InChI is InChI=1S/C20H24N2O/c1-3-5-15-22-18-14-10-9-13-17(18)21-20(22)19(4-2)23-16-11-7-6-8-12-16/h6-14,19H,3-5,15H2,1-2H3. The zero-order valence-electron chi connectivity index (χ0n) is 13.9. The molecule has 1 atom stereocenters. The van der Waals surface area contributed by atoms with Crippen molar-refractivity contribution in [2.45, 2.75) is 45.8 Å². The molecule has 3 nitrogen and oxygen atoms in total. The van der Waals surface area contributed by atoms with E-state index in [0.717, 1.165) is 36.5 Å². The Morgan fingerprint density at radius 3 is 2.48 bits per heavy atom. The van der Waals surface area contributed by atoms with E-state index in [0.29, 0.717) is 0 Å². The van der Waals surface area contributed by atoms with Gasteiger partial charge in [0.1, 0.15) is 5.75 Å². The predicted octanol–water partition coefficient (Wildman–Crippen LogP) is 5.37. The minimum atomic E-state index is -0.0262. The van der Waals surface area contributed by atoms with Crippen LogP contribution in [0.1, 0.15) is 45.0 Å². The van der Waals surface area contributed by atoms with Crippen LogP contribution in [0.15, 0.2) is 54.6 Å². The number of rotatable bonds is 7. The Kier molecular flexibility index (Phi) is 4.96. The molecule has 1 heterocycles. The topological polar surface area (TPSA) is 27.1 Å². The van der Waals surface area contributed by atoms with Gasteiger partial charge in [-0.05, 0) is 37.1 Å². The van der Waals surface area contributed by atoms with E-state index in [1.54, 1.807) is 0 Å². The summed E-state index contributed by atoms with van der Waals surface area (Å²) in [4.78, 5) is 4.87. The second-order valence-electron chi connectivity index (χ2n) is 5.79. The van der Waals surface area contributed by atoms with Gasteiger partial charge in [0.2, 0.25) is 0 Å². The van der Waals surface area contributed by atoms with Gasteiger partial charge in [0, 0.05) is 6.54 Å². The van der Waals surface area contributed by atoms with Crippen molar-refractivity contribution in [2.75, 3.05) is 0 Å². The van der Waals surface area contributed by atoms with Crippen molar-refractivity contribution in [3.63, 3.8) is 0 Å². The van der Waals surface area contributed by atoms with E-state index < -0.39 is 0 Å². The Balaban J connectivity index is 1.98. The fraction of sp³-hybridized carbons (Fsp3) is 0.350. The normalized spacial score (nSPS) is 12.4. The van der Waals surface area contributed by atoms with E-state index in [9.17, 15) is 0 Å². The molecule has 0 spiro atoms. The van der Waals surface area contributed by atoms with Crippen LogP contribution < -0.4 is 4.74 Å². The second-order valence-corrected chi connectivity index (χ2v) is 5.79. The SMILES string of the molecule is CCCCn1c(C(CC)Oc2ccccc2)nc2ccccc21. The summed E-state index contributed by atoms with van der Waals surface area (Å²) in [6.45, 7) is 5.36. The Bertz CT molecular complexity index is 749. The quantitative estimate of drug-likeness (QED) is 0.587. The van der Waals surface area contributed by atoms with Crippen LogP contribution in [0.2, 0.25) is 0 Å². The van der Waals surface area contributed by atoms with Gasteiger partial charge in [-0.1, -0.05) is 50.6 Å². The molecule has 0 saturated heterocycles. The minimum absolute atomic E-state index is 0.0262. The molecule has 0 amide bonds. The summed E-state index contributed by atoms with van der Waals surface area (Å²) < 4.78 is 8.55. The van der Waals surface area contributed by atoms with E-state index in [4.69, 9.17) is 9.72 Å². The van der Waals surface area contributed by atoms with Gasteiger partial charge in [-0.15, -0.1) is 0 Å². The van der Waals surface area contributed by atoms with Gasteiger partial charge < -0.3 is 9.30 Å². The summed E-state index contributed by atoms with van der Waals surface area (Å²) in [5.41, 5.74) is 2.25. The smallest absolute Gasteiger partial charge is 0.156 e. The van der Waals surface area contributed by atoms with Gasteiger partial charge >= 0.3 is 0 Å². The summed E-state index contributed by atoms with van der Waals surface area (Å²) in [5.74, 6) is 1.93. The maximum atomic E-state index is 6.22. The summed E-state index contributed by atoms with van der Waals surface area (Å²) in [7, 11) is 0. The zero-order chi connectivity index (χ0) is 16.1. The highest BCUT2D eigenvalue weighted by atomic mass is 16.5. The van der Waals surface area contributed by atoms with Crippen molar-refractivity contribution in [3.05, 3.63) is 60.4 Å². The van der Waals surface area contributed by atoms with Crippen molar-refractivity contribution in [3.8, 4) is 5.75 Å². The number of para-hydroxylation sites is 3. The first kappa shape index (κ1) is 15.6. The van der Waals surface area contributed by atoms with Crippen LogP contribution in [-0.2, 0) is 6.54 Å². The first-order valence-electron chi connectivity index (χ1n) is 8.50. The monoisotopic (exact) mass is 308 g/mol. The molecule has 3 rings (SSSR count). The van der Waals surface area contributed by atoms with Crippen molar-refractivity contribution in [2.24, 2.45) is 0 Å². The summed E-state index contributed by atoms with van der Waals surface area (Å²) in [6, 6.07) is 18.4. The third-order valence-corrected chi connectivity index (χ3v) is 4.10. The number of aromatic nitrogens is 2. The number of benzene rings is 2. The van der Waals surface area contributed by atoms with Crippen LogP contribution in [0, 0.1) is 0 Å². The van der Waals surface area contributed by atoms with Crippen LogP contribution in [0.5, 0.6) is 5.75 Å². The molecule has 2 aromatic carbocycles. The van der Waals surface area contributed by atoms with Crippen LogP contribution in [0.3, 0.4) is 0 Å². The molecule has 120 valence electrons. The number of hydrogen-bond acceptors (Lipinski definition) is 2. The molecule has 0 N–H and O–H groups in total. The van der Waals surface area contributed by atoms with Crippen LogP contribution in [-0.4, -0.2) is 9.55 Å². The van der Waals surface area contributed by atoms with Crippen molar-refractivity contribution < 1.29 is 4.74 Å². The first-order chi connectivity index (χ1) is 11.3. The third kappa shape index (κ3) is 3.39. The predicted molar refractivity (Wildman–Crippen MR) is 94.7 cm³/mol. The highest BCUT2D eigenvalue weighted by Crippen LogP contribution is 2.27. The number of fused-ring (bicyclic) bond motifs is 1. The Hall–Kier alpha value is -2.29. The van der Waals surface area contributed by atoms with Gasteiger partial charge in [0.05, 0.1) is 11.0 Å². The molecular weight excluding hydrogens is 284 g/mol. The fourth-order valence-electron chi connectivity index (χ4n) is 2.87. The molecule has 0 bridgehead atoms. The van der Waals surface area contributed by atoms with E-state index >= 15 is 0 Å². The molecule has 0 aliphatic heterocycles. The third-order valence-electron chi connectivity index (χ3n) is 4.10. The van der Waals surface area contributed by atoms with Gasteiger partial charge in [-0.3, -0.25) is 0 Å². The molecule has 0 aliphatic carbocycles. The van der Waals surface area contributed by atoms with E-state index in [1.165, 1.54) is 11.9 Å². The number of hydrogen-bond donors (Lipinski definition) is 0. The summed E-state index contributed by atoms with van der Waals surface area (Å²) >= 11 is 0. The van der Waals surface area contributed by atoms with Crippen molar-refractivity contribution in [1.29, 1.82) is 0 Å². The van der Waals surface area contributed by atoms with Gasteiger partial charge in [-0.2, -0.15) is 0 Å². The van der Waals surface area contributed by atoms with Crippen LogP contribution in [0.4, 0.5) is 0 Å². The van der Waals surface area contributed by atoms with E-state index in [1.807, 2.05) is 36.4 Å². The number of nitrogens with zero attached hydrogens (tertiary/aromatic N) is 2. The Morgan fingerprint density at radius 2 is 1.74 bits per heavy atom. The van der Waals surface area contributed by atoms with Gasteiger partial charge in [-0.25, -0.2) is 4.98 Å². The minimum Gasteiger partial charge on any atom is -0.483 e. The van der Waals surface area contributed by atoms with Crippen LogP contribution in [0.25, 0.3) is 11.0 Å². The maximum absolute atomic E-state index is 6.22. The largest absolute Gasteiger partial charge is 0.483 e. The van der Waals surface area contributed by atoms with Gasteiger partial charge in [0.15, 0.2) is 11.9 Å². The lowest BCUT2D eigenvalue weighted by Gasteiger charge is -2.19. The summed E-state index contributed by atoms with van der Waals surface area (Å²) in [5, 5.41) is 0. The van der Waals surface area contributed by atoms with Crippen molar-refractivity contribution >= 4 is 11.0 Å². The Labute approximate surface area is 137 Å². The average molecular weight is 308 g/mol. The van der Waals surface area contributed by atoms with E-state index in [2.05, 4.69) is 36.6 Å². The molecule has 3 heteroatoms. The average Bonchev–Trinajstić information content (AvgIpc) is 2.97. The number of imidazole rings is 1. The first-order valence-corrected chi connectivity index (χ1v) is 8.50. The lowest BCUT2D eigenvalue weighted by atomic mass is 10.2. The highest BCUT2D eigenvalue weighted by Gasteiger charge is 2.20. The second kappa shape index (κ2) is 7.32. The maximum Gasteiger partial charge on any atom is 0.156 e. The lowest BCUT2D eigenvalue weighted by molar-refractivity contribution is 0.186. The molecular formula is C20H24N2O. The lowest BCUT2D eigenvalue weighted by Crippen LogP contribution is -2.14. The van der Waals surface area contributed by atoms with Crippen molar-refractivity contribution in [1.82, 2.24) is 9.55 Å². The molecule has 1 unspecified atom stereocenters. The molecule has 0 radical (unpaired) electrons. The fourth-order valence-corrected chi connectivity index (χ4v) is 2.87. The van der Waals surface area contributed by atoms with E-state index in [-0.39, 0.29) is 6.10 Å². The molecule has 0 aliphatic rings. The number of unbranched alkanes of at least 4 members (excludes halogenated alkanes) is 1. The summed E-state index contributed by atoms with van der Waals surface area (Å²) in [6.07, 6.45) is 3.18. The number of aryl methyl sites for hydroxylation is 1. The molecule has 0 saturated carbocycles. The number of ether oxygens (including phenoxy) is 1. The molecule has 23 heavy (non-hydrogen) atoms. The molecule has 0 fully saturated rings. The van der Waals surface area contributed by atoms with Gasteiger partial charge in [0.25, 0.3) is 0 Å². The molecule has 1 aromatic heterocycles. The Morgan fingerprint density at radius 1 is 1.00 bits per heavy atom. The molecule has 3 aromatic rings. The van der Waals surface area contributed by atoms with Crippen LogP contribution >= 0.6 is 0 Å². The zero-order valence-corrected chi connectivity index (χ0v) is 13.9.